The lowest BCUT2D eigenvalue weighted by Gasteiger charge is -2.11. The van der Waals surface area contributed by atoms with Gasteiger partial charge in [-0.25, -0.2) is 4.98 Å². The molecule has 0 bridgehead atoms. The molecule has 0 unspecified atom stereocenters. The monoisotopic (exact) mass is 360 g/mol. The Balaban J connectivity index is 1.94. The number of nitro groups is 1. The van der Waals surface area contributed by atoms with Gasteiger partial charge in [-0.1, -0.05) is 48.0 Å². The number of benzene rings is 3. The second-order valence-electron chi connectivity index (χ2n) is 5.89. The standard InChI is InChI=1S/C21H13ClN2O2/c22-16-8-11-18-19(14-4-2-1-3-5-14)13-20(23-21(18)12-16)15-6-9-17(10-7-15)24(25)26/h1-13H. The normalized spacial score (nSPS) is 10.8. The molecule has 0 saturated heterocycles. The van der Waals surface area contributed by atoms with Crippen molar-refractivity contribution in [3.8, 4) is 22.4 Å². The van der Waals surface area contributed by atoms with E-state index in [-0.39, 0.29) is 5.69 Å². The van der Waals surface area contributed by atoms with Crippen LogP contribution in [0, 0.1) is 10.1 Å². The largest absolute Gasteiger partial charge is 0.269 e. The Labute approximate surface area is 154 Å². The van der Waals surface area contributed by atoms with E-state index in [1.807, 2.05) is 54.6 Å². The fourth-order valence-electron chi connectivity index (χ4n) is 2.96. The summed E-state index contributed by atoms with van der Waals surface area (Å²) in [6.45, 7) is 0. The van der Waals surface area contributed by atoms with E-state index in [9.17, 15) is 10.1 Å². The molecule has 0 amide bonds. The van der Waals surface area contributed by atoms with Gasteiger partial charge in [-0.15, -0.1) is 0 Å². The molecule has 0 spiro atoms. The minimum atomic E-state index is -0.410. The van der Waals surface area contributed by atoms with Crippen LogP contribution in [0.5, 0.6) is 0 Å². The van der Waals surface area contributed by atoms with E-state index in [1.54, 1.807) is 12.1 Å². The second kappa shape index (κ2) is 6.58. The first-order chi connectivity index (χ1) is 12.6. The Morgan fingerprint density at radius 2 is 1.58 bits per heavy atom. The summed E-state index contributed by atoms with van der Waals surface area (Å²) in [5, 5.41) is 12.5. The van der Waals surface area contributed by atoms with E-state index in [0.717, 1.165) is 33.3 Å². The topological polar surface area (TPSA) is 56.0 Å². The summed E-state index contributed by atoms with van der Waals surface area (Å²) in [5.74, 6) is 0. The lowest BCUT2D eigenvalue weighted by atomic mass is 9.98. The van der Waals surface area contributed by atoms with Gasteiger partial charge in [0, 0.05) is 28.1 Å². The predicted molar refractivity (Wildman–Crippen MR) is 104 cm³/mol. The molecule has 0 radical (unpaired) electrons. The van der Waals surface area contributed by atoms with Crippen LogP contribution in [0.1, 0.15) is 0 Å². The van der Waals surface area contributed by atoms with Crippen LogP contribution in [0.2, 0.25) is 5.02 Å². The molecular weight excluding hydrogens is 348 g/mol. The number of hydrogen-bond acceptors (Lipinski definition) is 3. The van der Waals surface area contributed by atoms with Gasteiger partial charge in [0.2, 0.25) is 0 Å². The SMILES string of the molecule is O=[N+]([O-])c1ccc(-c2cc(-c3ccccc3)c3ccc(Cl)cc3n2)cc1. The molecule has 4 aromatic rings. The second-order valence-corrected chi connectivity index (χ2v) is 6.32. The molecule has 4 nitrogen and oxygen atoms in total. The molecule has 0 aliphatic heterocycles. The van der Waals surface area contributed by atoms with E-state index in [1.165, 1.54) is 12.1 Å². The van der Waals surface area contributed by atoms with Crippen LogP contribution < -0.4 is 0 Å². The highest BCUT2D eigenvalue weighted by atomic mass is 35.5. The van der Waals surface area contributed by atoms with Gasteiger partial charge in [-0.2, -0.15) is 0 Å². The smallest absolute Gasteiger partial charge is 0.258 e. The molecule has 5 heteroatoms. The minimum absolute atomic E-state index is 0.0564. The van der Waals surface area contributed by atoms with E-state index in [0.29, 0.717) is 5.02 Å². The summed E-state index contributed by atoms with van der Waals surface area (Å²) in [6.07, 6.45) is 0. The number of nitrogens with zero attached hydrogens (tertiary/aromatic N) is 2. The van der Waals surface area contributed by atoms with Crippen molar-refractivity contribution in [1.29, 1.82) is 0 Å². The lowest BCUT2D eigenvalue weighted by Crippen LogP contribution is -1.91. The highest BCUT2D eigenvalue weighted by Gasteiger charge is 2.11. The molecule has 1 heterocycles. The van der Waals surface area contributed by atoms with Crippen LogP contribution in [-0.4, -0.2) is 9.91 Å². The van der Waals surface area contributed by atoms with Crippen molar-refractivity contribution in [2.24, 2.45) is 0 Å². The van der Waals surface area contributed by atoms with Crippen LogP contribution in [0.15, 0.2) is 78.9 Å². The van der Waals surface area contributed by atoms with Gasteiger partial charge in [0.1, 0.15) is 0 Å². The zero-order valence-corrected chi connectivity index (χ0v) is 14.4. The summed E-state index contributed by atoms with van der Waals surface area (Å²) in [5.41, 5.74) is 4.52. The van der Waals surface area contributed by atoms with Crippen molar-refractivity contribution in [3.05, 3.63) is 94.0 Å². The molecule has 0 aliphatic carbocycles. The van der Waals surface area contributed by atoms with E-state index in [4.69, 9.17) is 16.6 Å². The Kier molecular flexibility index (Phi) is 4.11. The van der Waals surface area contributed by atoms with Gasteiger partial charge in [0.15, 0.2) is 0 Å². The molecule has 1 aromatic heterocycles. The van der Waals surface area contributed by atoms with Gasteiger partial charge in [0.25, 0.3) is 5.69 Å². The molecule has 4 rings (SSSR count). The molecule has 0 aliphatic rings. The molecule has 0 atom stereocenters. The van der Waals surface area contributed by atoms with Gasteiger partial charge in [-0.3, -0.25) is 10.1 Å². The van der Waals surface area contributed by atoms with Crippen molar-refractivity contribution in [2.75, 3.05) is 0 Å². The number of fused-ring (bicyclic) bond motifs is 1. The van der Waals surface area contributed by atoms with Crippen LogP contribution in [0.4, 0.5) is 5.69 Å². The number of rotatable bonds is 3. The maximum absolute atomic E-state index is 10.9. The molecule has 126 valence electrons. The van der Waals surface area contributed by atoms with Gasteiger partial charge >= 0.3 is 0 Å². The Hall–Kier alpha value is -3.24. The first kappa shape index (κ1) is 16.2. The Morgan fingerprint density at radius 3 is 2.27 bits per heavy atom. The van der Waals surface area contributed by atoms with Gasteiger partial charge in [0.05, 0.1) is 16.1 Å². The highest BCUT2D eigenvalue weighted by molar-refractivity contribution is 6.31. The summed E-state index contributed by atoms with van der Waals surface area (Å²) in [4.78, 5) is 15.2. The average Bonchev–Trinajstić information content (AvgIpc) is 2.67. The Morgan fingerprint density at radius 1 is 0.846 bits per heavy atom. The summed E-state index contributed by atoms with van der Waals surface area (Å²) in [7, 11) is 0. The molecule has 3 aromatic carbocycles. The summed E-state index contributed by atoms with van der Waals surface area (Å²) in [6, 6.07) is 24.1. The van der Waals surface area contributed by atoms with Crippen molar-refractivity contribution < 1.29 is 4.92 Å². The average molecular weight is 361 g/mol. The first-order valence-corrected chi connectivity index (χ1v) is 8.40. The maximum atomic E-state index is 10.9. The highest BCUT2D eigenvalue weighted by Crippen LogP contribution is 2.33. The quantitative estimate of drug-likeness (QED) is 0.326. The van der Waals surface area contributed by atoms with Crippen molar-refractivity contribution in [3.63, 3.8) is 0 Å². The fraction of sp³-hybridized carbons (Fsp3) is 0. The predicted octanol–water partition coefficient (Wildman–Crippen LogP) is 6.13. The summed E-state index contributed by atoms with van der Waals surface area (Å²) >= 11 is 6.16. The molecule has 0 fully saturated rings. The number of aromatic nitrogens is 1. The van der Waals surface area contributed by atoms with Crippen LogP contribution in [-0.2, 0) is 0 Å². The van der Waals surface area contributed by atoms with Crippen molar-refractivity contribution in [2.45, 2.75) is 0 Å². The molecular formula is C21H13ClN2O2. The van der Waals surface area contributed by atoms with E-state index < -0.39 is 4.92 Å². The van der Waals surface area contributed by atoms with Crippen LogP contribution in [0.3, 0.4) is 0 Å². The van der Waals surface area contributed by atoms with E-state index >= 15 is 0 Å². The lowest BCUT2D eigenvalue weighted by molar-refractivity contribution is -0.384. The number of halogens is 1. The van der Waals surface area contributed by atoms with Crippen LogP contribution in [0.25, 0.3) is 33.3 Å². The third-order valence-corrected chi connectivity index (χ3v) is 4.47. The molecule has 26 heavy (non-hydrogen) atoms. The number of hydrogen-bond donors (Lipinski definition) is 0. The van der Waals surface area contributed by atoms with E-state index in [2.05, 4.69) is 0 Å². The minimum Gasteiger partial charge on any atom is -0.258 e. The van der Waals surface area contributed by atoms with Crippen LogP contribution >= 0.6 is 11.6 Å². The van der Waals surface area contributed by atoms with Crippen molar-refractivity contribution in [1.82, 2.24) is 4.98 Å². The maximum Gasteiger partial charge on any atom is 0.269 e. The number of nitro benzene ring substituents is 1. The zero-order valence-electron chi connectivity index (χ0n) is 13.6. The Bertz CT molecular complexity index is 1110. The first-order valence-electron chi connectivity index (χ1n) is 8.02. The molecule has 0 saturated carbocycles. The third kappa shape index (κ3) is 3.03. The van der Waals surface area contributed by atoms with Gasteiger partial charge < -0.3 is 0 Å². The van der Waals surface area contributed by atoms with Crippen molar-refractivity contribution >= 4 is 28.2 Å². The van der Waals surface area contributed by atoms with Gasteiger partial charge in [-0.05, 0) is 41.5 Å². The number of non-ortho nitro benzene ring substituents is 1. The molecule has 0 N–H and O–H groups in total. The number of pyridine rings is 1. The summed E-state index contributed by atoms with van der Waals surface area (Å²) < 4.78 is 0. The zero-order chi connectivity index (χ0) is 18.1. The fourth-order valence-corrected chi connectivity index (χ4v) is 3.13. The third-order valence-electron chi connectivity index (χ3n) is 4.23.